The molecule has 1 aromatic rings. The van der Waals surface area contributed by atoms with Crippen molar-refractivity contribution in [2.24, 2.45) is 10.9 Å². The minimum Gasteiger partial charge on any atom is -0.357 e. The van der Waals surface area contributed by atoms with Gasteiger partial charge >= 0.3 is 0 Å². The molecule has 2 N–H and O–H groups in total. The van der Waals surface area contributed by atoms with E-state index < -0.39 is 9.84 Å². The number of aliphatic imine (C=N–C) groups is 1. The Morgan fingerprint density at radius 2 is 1.79 bits per heavy atom. The van der Waals surface area contributed by atoms with Crippen molar-refractivity contribution >= 4 is 15.8 Å². The van der Waals surface area contributed by atoms with Gasteiger partial charge in [-0.15, -0.1) is 0 Å². The van der Waals surface area contributed by atoms with Crippen LogP contribution < -0.4 is 10.6 Å². The van der Waals surface area contributed by atoms with Crippen LogP contribution in [0.15, 0.2) is 29.3 Å². The van der Waals surface area contributed by atoms with Gasteiger partial charge < -0.3 is 10.6 Å². The largest absolute Gasteiger partial charge is 0.357 e. The average molecular weight is 354 g/mol. The molecule has 0 aliphatic carbocycles. The smallest absolute Gasteiger partial charge is 0.191 e. The van der Waals surface area contributed by atoms with E-state index in [-0.39, 0.29) is 18.3 Å². The Morgan fingerprint density at radius 3 is 2.29 bits per heavy atom. The van der Waals surface area contributed by atoms with Gasteiger partial charge in [-0.1, -0.05) is 38.1 Å². The highest BCUT2D eigenvalue weighted by Gasteiger charge is 2.09. The van der Waals surface area contributed by atoms with Gasteiger partial charge in [-0.3, -0.25) is 4.99 Å². The zero-order chi connectivity index (χ0) is 18.2. The van der Waals surface area contributed by atoms with E-state index in [4.69, 9.17) is 0 Å². The fourth-order valence-electron chi connectivity index (χ4n) is 2.35. The van der Waals surface area contributed by atoms with Gasteiger partial charge in [-0.05, 0) is 37.3 Å². The fraction of sp³-hybridized carbons (Fsp3) is 0.611. The summed E-state index contributed by atoms with van der Waals surface area (Å²) >= 11 is 0. The van der Waals surface area contributed by atoms with E-state index in [1.165, 1.54) is 17.4 Å². The van der Waals surface area contributed by atoms with Gasteiger partial charge in [0.15, 0.2) is 5.96 Å². The lowest BCUT2D eigenvalue weighted by Gasteiger charge is -2.18. The summed E-state index contributed by atoms with van der Waals surface area (Å²) in [6.07, 6.45) is 2.31. The molecule has 1 aromatic carbocycles. The number of nitrogens with zero attached hydrogens (tertiary/aromatic N) is 1. The maximum Gasteiger partial charge on any atom is 0.191 e. The predicted octanol–water partition coefficient (Wildman–Crippen LogP) is 2.55. The van der Waals surface area contributed by atoms with Crippen molar-refractivity contribution in [3.63, 3.8) is 0 Å². The molecule has 1 atom stereocenters. The molecule has 24 heavy (non-hydrogen) atoms. The van der Waals surface area contributed by atoms with Crippen molar-refractivity contribution in [1.29, 1.82) is 0 Å². The zero-order valence-electron chi connectivity index (χ0n) is 15.5. The molecule has 1 unspecified atom stereocenters. The minimum atomic E-state index is -2.99. The lowest BCUT2D eigenvalue weighted by molar-refractivity contribution is 0.601. The Hall–Kier alpha value is -1.56. The highest BCUT2D eigenvalue weighted by Crippen LogP contribution is 2.15. The molecule has 0 amide bonds. The zero-order valence-corrected chi connectivity index (χ0v) is 16.3. The van der Waals surface area contributed by atoms with E-state index in [1.54, 1.807) is 0 Å². The van der Waals surface area contributed by atoms with Crippen LogP contribution in [0.2, 0.25) is 0 Å². The van der Waals surface area contributed by atoms with Gasteiger partial charge in [0.2, 0.25) is 0 Å². The van der Waals surface area contributed by atoms with Gasteiger partial charge in [0.1, 0.15) is 9.84 Å². The predicted molar refractivity (Wildman–Crippen MR) is 102 cm³/mol. The van der Waals surface area contributed by atoms with Crippen LogP contribution >= 0.6 is 0 Å². The number of rotatable bonds is 8. The van der Waals surface area contributed by atoms with Crippen molar-refractivity contribution in [3.8, 4) is 0 Å². The molecule has 0 bridgehead atoms. The molecule has 0 spiro atoms. The van der Waals surface area contributed by atoms with E-state index in [1.807, 2.05) is 6.92 Å². The molecular weight excluding hydrogens is 322 g/mol. The molecule has 1 rings (SSSR count). The summed E-state index contributed by atoms with van der Waals surface area (Å²) in [5, 5.41) is 6.48. The van der Waals surface area contributed by atoms with Crippen LogP contribution in [-0.4, -0.2) is 39.5 Å². The topological polar surface area (TPSA) is 70.6 Å². The Labute approximate surface area is 146 Å². The van der Waals surface area contributed by atoms with Crippen molar-refractivity contribution in [3.05, 3.63) is 35.4 Å². The minimum absolute atomic E-state index is 0.0574. The highest BCUT2D eigenvalue weighted by atomic mass is 32.2. The third-order valence-corrected chi connectivity index (χ3v) is 4.48. The molecule has 6 heteroatoms. The number of hydrogen-bond acceptors (Lipinski definition) is 3. The Bertz CT molecular complexity index is 622. The van der Waals surface area contributed by atoms with Crippen LogP contribution in [0, 0.1) is 5.92 Å². The molecule has 5 nitrogen and oxygen atoms in total. The molecule has 136 valence electrons. The standard InChI is InChI=1S/C18H31N3O2S/c1-6-19-18(20-11-12-24(5,22)23)21-15(4)17-9-7-16(8-10-17)13-14(2)3/h7-10,14-15H,6,11-13H2,1-5H3,(H2,19,20,21). The first-order valence-corrected chi connectivity index (χ1v) is 10.6. The summed E-state index contributed by atoms with van der Waals surface area (Å²) in [6, 6.07) is 8.70. The monoisotopic (exact) mass is 353 g/mol. The van der Waals surface area contributed by atoms with Crippen molar-refractivity contribution < 1.29 is 8.42 Å². The Kier molecular flexibility index (Phi) is 8.25. The maximum atomic E-state index is 11.2. The van der Waals surface area contributed by atoms with Gasteiger partial charge in [0.05, 0.1) is 18.3 Å². The Balaban J connectivity index is 2.70. The van der Waals surface area contributed by atoms with Crippen molar-refractivity contribution in [2.45, 2.75) is 40.2 Å². The van der Waals surface area contributed by atoms with E-state index in [9.17, 15) is 8.42 Å². The molecule has 0 heterocycles. The second kappa shape index (κ2) is 9.67. The number of guanidine groups is 1. The molecule has 0 fully saturated rings. The summed E-state index contributed by atoms with van der Waals surface area (Å²) < 4.78 is 22.4. The Morgan fingerprint density at radius 1 is 1.17 bits per heavy atom. The summed E-state index contributed by atoms with van der Waals surface area (Å²) in [5.74, 6) is 1.34. The van der Waals surface area contributed by atoms with Crippen molar-refractivity contribution in [1.82, 2.24) is 10.6 Å². The number of nitrogens with one attached hydrogen (secondary N) is 2. The van der Waals surface area contributed by atoms with E-state index in [0.717, 1.165) is 13.0 Å². The SMILES string of the molecule is CCNC(=NCCS(C)(=O)=O)NC(C)c1ccc(CC(C)C)cc1. The molecule has 0 saturated heterocycles. The van der Waals surface area contributed by atoms with E-state index >= 15 is 0 Å². The third kappa shape index (κ3) is 8.34. The van der Waals surface area contributed by atoms with Crippen molar-refractivity contribution in [2.75, 3.05) is 25.1 Å². The summed E-state index contributed by atoms with van der Waals surface area (Å²) in [6.45, 7) is 9.47. The van der Waals surface area contributed by atoms with Crippen LogP contribution in [0.3, 0.4) is 0 Å². The molecule has 0 radical (unpaired) electrons. The van der Waals surface area contributed by atoms with Gasteiger partial charge in [0.25, 0.3) is 0 Å². The van der Waals surface area contributed by atoms with Crippen LogP contribution in [0.5, 0.6) is 0 Å². The lowest BCUT2D eigenvalue weighted by atomic mass is 10.00. The average Bonchev–Trinajstić information content (AvgIpc) is 2.46. The first-order chi connectivity index (χ1) is 11.2. The first-order valence-electron chi connectivity index (χ1n) is 8.52. The molecule has 0 aromatic heterocycles. The quantitative estimate of drug-likeness (QED) is 0.556. The summed E-state index contributed by atoms with van der Waals surface area (Å²) in [4.78, 5) is 4.34. The fourth-order valence-corrected chi connectivity index (χ4v) is 2.77. The number of sulfone groups is 1. The molecule has 0 aliphatic heterocycles. The summed E-state index contributed by atoms with van der Waals surface area (Å²) in [5.41, 5.74) is 2.52. The van der Waals surface area contributed by atoms with Crippen LogP contribution in [0.25, 0.3) is 0 Å². The molecule has 0 saturated carbocycles. The first kappa shape index (κ1) is 20.5. The number of hydrogen-bond donors (Lipinski definition) is 2. The van der Waals surface area contributed by atoms with E-state index in [2.05, 4.69) is 60.7 Å². The normalized spacial score (nSPS) is 13.8. The second-order valence-corrected chi connectivity index (χ2v) is 8.86. The number of benzene rings is 1. The molecular formula is C18H31N3O2S. The lowest BCUT2D eigenvalue weighted by Crippen LogP contribution is -2.39. The van der Waals surface area contributed by atoms with Crippen LogP contribution in [0.4, 0.5) is 0 Å². The summed E-state index contributed by atoms with van der Waals surface area (Å²) in [7, 11) is -2.99. The van der Waals surface area contributed by atoms with E-state index in [0.29, 0.717) is 11.9 Å². The van der Waals surface area contributed by atoms with Crippen LogP contribution in [0.1, 0.15) is 44.9 Å². The molecule has 0 aliphatic rings. The van der Waals surface area contributed by atoms with Gasteiger partial charge in [-0.2, -0.15) is 0 Å². The second-order valence-electron chi connectivity index (χ2n) is 6.60. The highest BCUT2D eigenvalue weighted by molar-refractivity contribution is 7.90. The maximum absolute atomic E-state index is 11.2. The van der Waals surface area contributed by atoms with Gasteiger partial charge in [0, 0.05) is 12.8 Å². The van der Waals surface area contributed by atoms with Gasteiger partial charge in [-0.25, -0.2) is 8.42 Å². The van der Waals surface area contributed by atoms with Crippen LogP contribution in [-0.2, 0) is 16.3 Å². The third-order valence-electron chi connectivity index (χ3n) is 3.55.